The fourth-order valence-electron chi connectivity index (χ4n) is 3.67. The number of sulfonamides is 1. The summed E-state index contributed by atoms with van der Waals surface area (Å²) in [7, 11) is -1.83. The first-order valence-electron chi connectivity index (χ1n) is 7.16. The van der Waals surface area contributed by atoms with Gasteiger partial charge in [0.15, 0.2) is 0 Å². The van der Waals surface area contributed by atoms with E-state index < -0.39 is 10.0 Å². The number of ether oxygens (including phenoxy) is 1. The summed E-state index contributed by atoms with van der Waals surface area (Å²) in [4.78, 5) is 0.332. The summed E-state index contributed by atoms with van der Waals surface area (Å²) < 4.78 is 33.0. The maximum Gasteiger partial charge on any atom is 0.240 e. The minimum atomic E-state index is -3.42. The Morgan fingerprint density at radius 3 is 2.60 bits per heavy atom. The zero-order chi connectivity index (χ0) is 14.3. The van der Waals surface area contributed by atoms with Gasteiger partial charge in [-0.25, -0.2) is 13.1 Å². The molecule has 1 N–H and O–H groups in total. The largest absolute Gasteiger partial charge is 0.496 e. The predicted octanol–water partition coefficient (Wildman–Crippen LogP) is 2.47. The highest BCUT2D eigenvalue weighted by Gasteiger charge is 2.41. The molecule has 3 rings (SSSR count). The molecular formula is C15H21NO3S. The summed E-state index contributed by atoms with van der Waals surface area (Å²) in [6.07, 6.45) is 4.62. The van der Waals surface area contributed by atoms with Crippen LogP contribution in [0.3, 0.4) is 0 Å². The molecule has 0 saturated heterocycles. The van der Waals surface area contributed by atoms with Crippen LogP contribution in [0.2, 0.25) is 0 Å². The Hall–Kier alpha value is -1.07. The maximum atomic E-state index is 12.5. The van der Waals surface area contributed by atoms with Crippen LogP contribution < -0.4 is 9.46 Å². The van der Waals surface area contributed by atoms with E-state index in [2.05, 4.69) is 4.72 Å². The van der Waals surface area contributed by atoms with Crippen LogP contribution in [0.15, 0.2) is 23.1 Å². The van der Waals surface area contributed by atoms with Gasteiger partial charge in [0.1, 0.15) is 5.75 Å². The summed E-state index contributed by atoms with van der Waals surface area (Å²) in [6.45, 7) is 1.86. The van der Waals surface area contributed by atoms with E-state index in [4.69, 9.17) is 4.74 Å². The molecule has 20 heavy (non-hydrogen) atoms. The number of hydrogen-bond donors (Lipinski definition) is 1. The second-order valence-electron chi connectivity index (χ2n) is 6.03. The molecule has 4 nitrogen and oxygen atoms in total. The van der Waals surface area contributed by atoms with Crippen molar-refractivity contribution >= 4 is 10.0 Å². The lowest BCUT2D eigenvalue weighted by molar-refractivity contribution is 0.390. The smallest absolute Gasteiger partial charge is 0.240 e. The van der Waals surface area contributed by atoms with Crippen molar-refractivity contribution in [3.63, 3.8) is 0 Å². The summed E-state index contributed by atoms with van der Waals surface area (Å²) in [5.41, 5.74) is 0.836. The quantitative estimate of drug-likeness (QED) is 0.928. The molecule has 1 aromatic rings. The molecule has 0 heterocycles. The fraction of sp³-hybridized carbons (Fsp3) is 0.600. The number of hydrogen-bond acceptors (Lipinski definition) is 3. The van der Waals surface area contributed by atoms with Crippen LogP contribution in [-0.4, -0.2) is 21.6 Å². The van der Waals surface area contributed by atoms with Crippen LogP contribution in [0.25, 0.3) is 0 Å². The molecular weight excluding hydrogens is 274 g/mol. The second-order valence-corrected chi connectivity index (χ2v) is 7.75. The Balaban J connectivity index is 1.79. The molecule has 2 aliphatic rings. The normalized spacial score (nSPS) is 28.8. The molecule has 3 atom stereocenters. The van der Waals surface area contributed by atoms with Gasteiger partial charge in [-0.3, -0.25) is 0 Å². The van der Waals surface area contributed by atoms with E-state index in [0.717, 1.165) is 17.9 Å². The van der Waals surface area contributed by atoms with Gasteiger partial charge in [0.25, 0.3) is 0 Å². The molecule has 1 aromatic carbocycles. The molecule has 0 aliphatic heterocycles. The van der Waals surface area contributed by atoms with Crippen LogP contribution in [0.5, 0.6) is 5.75 Å². The van der Waals surface area contributed by atoms with E-state index in [1.165, 1.54) is 19.3 Å². The number of aryl methyl sites for hydroxylation is 1. The van der Waals surface area contributed by atoms with Crippen molar-refractivity contribution in [2.45, 2.75) is 43.5 Å². The van der Waals surface area contributed by atoms with Gasteiger partial charge in [0, 0.05) is 6.04 Å². The summed E-state index contributed by atoms with van der Waals surface area (Å²) in [6, 6.07) is 5.13. The molecule has 5 heteroatoms. The van der Waals surface area contributed by atoms with Gasteiger partial charge in [0.05, 0.1) is 12.0 Å². The predicted molar refractivity (Wildman–Crippen MR) is 77.3 cm³/mol. The third kappa shape index (κ3) is 2.44. The number of nitrogens with one attached hydrogen (secondary N) is 1. The zero-order valence-electron chi connectivity index (χ0n) is 11.9. The first kappa shape index (κ1) is 13.9. The van der Waals surface area contributed by atoms with Crippen LogP contribution in [-0.2, 0) is 10.0 Å². The number of methoxy groups -OCH3 is 1. The zero-order valence-corrected chi connectivity index (χ0v) is 12.7. The van der Waals surface area contributed by atoms with E-state index in [9.17, 15) is 8.42 Å². The van der Waals surface area contributed by atoms with Gasteiger partial charge in [-0.15, -0.1) is 0 Å². The highest BCUT2D eigenvalue weighted by molar-refractivity contribution is 7.89. The monoisotopic (exact) mass is 295 g/mol. The number of benzene rings is 1. The van der Waals surface area contributed by atoms with E-state index in [0.29, 0.717) is 16.6 Å². The van der Waals surface area contributed by atoms with E-state index in [1.54, 1.807) is 25.3 Å². The third-order valence-corrected chi connectivity index (χ3v) is 6.21. The van der Waals surface area contributed by atoms with Crippen LogP contribution in [0.1, 0.15) is 31.2 Å². The first-order valence-corrected chi connectivity index (χ1v) is 8.65. The van der Waals surface area contributed by atoms with Crippen LogP contribution >= 0.6 is 0 Å². The summed E-state index contributed by atoms with van der Waals surface area (Å²) >= 11 is 0. The van der Waals surface area contributed by atoms with Crippen molar-refractivity contribution in [2.24, 2.45) is 11.8 Å². The molecule has 2 saturated carbocycles. The van der Waals surface area contributed by atoms with Crippen molar-refractivity contribution in [1.82, 2.24) is 4.72 Å². The Morgan fingerprint density at radius 2 is 2.05 bits per heavy atom. The van der Waals surface area contributed by atoms with Crippen molar-refractivity contribution in [3.8, 4) is 5.75 Å². The lowest BCUT2D eigenvalue weighted by Gasteiger charge is -2.22. The lowest BCUT2D eigenvalue weighted by atomic mass is 9.96. The van der Waals surface area contributed by atoms with E-state index in [-0.39, 0.29) is 6.04 Å². The standard InChI is InChI=1S/C15H21NO3S/c1-10-7-13(5-6-15(10)19-2)20(17,18)16-14-9-11-3-4-12(14)8-11/h5-7,11-12,14,16H,3-4,8-9H2,1-2H3/t11-,12-,14-/m0/s1. The van der Waals surface area contributed by atoms with Crippen molar-refractivity contribution in [3.05, 3.63) is 23.8 Å². The molecule has 110 valence electrons. The Morgan fingerprint density at radius 1 is 1.25 bits per heavy atom. The molecule has 0 aromatic heterocycles. The Bertz CT molecular complexity index is 612. The minimum absolute atomic E-state index is 0.126. The molecule has 0 unspecified atom stereocenters. The van der Waals surface area contributed by atoms with E-state index >= 15 is 0 Å². The summed E-state index contributed by atoms with van der Waals surface area (Å²) in [5, 5.41) is 0. The highest BCUT2D eigenvalue weighted by atomic mass is 32.2. The Kier molecular flexibility index (Phi) is 3.50. The van der Waals surface area contributed by atoms with Crippen molar-refractivity contribution in [2.75, 3.05) is 7.11 Å². The highest BCUT2D eigenvalue weighted by Crippen LogP contribution is 2.44. The van der Waals surface area contributed by atoms with Gasteiger partial charge in [-0.05, 0) is 61.8 Å². The molecule has 2 bridgehead atoms. The average molecular weight is 295 g/mol. The topological polar surface area (TPSA) is 55.4 Å². The van der Waals surface area contributed by atoms with Gasteiger partial charge in [-0.1, -0.05) is 6.42 Å². The molecule has 2 aliphatic carbocycles. The van der Waals surface area contributed by atoms with Crippen molar-refractivity contribution < 1.29 is 13.2 Å². The molecule has 0 amide bonds. The van der Waals surface area contributed by atoms with Crippen LogP contribution in [0.4, 0.5) is 0 Å². The maximum absolute atomic E-state index is 12.5. The van der Waals surface area contributed by atoms with Gasteiger partial charge < -0.3 is 4.74 Å². The Labute approximate surface area is 120 Å². The van der Waals surface area contributed by atoms with Gasteiger partial charge in [0.2, 0.25) is 10.0 Å². The average Bonchev–Trinajstić information content (AvgIpc) is 3.00. The molecule has 2 fully saturated rings. The SMILES string of the molecule is COc1ccc(S(=O)(=O)N[C@H]2C[C@H]3CC[C@H]2C3)cc1C. The number of rotatable bonds is 4. The van der Waals surface area contributed by atoms with Crippen LogP contribution in [0, 0.1) is 18.8 Å². The summed E-state index contributed by atoms with van der Waals surface area (Å²) in [5.74, 6) is 1.98. The van der Waals surface area contributed by atoms with Gasteiger partial charge >= 0.3 is 0 Å². The number of fused-ring (bicyclic) bond motifs is 2. The van der Waals surface area contributed by atoms with Gasteiger partial charge in [-0.2, -0.15) is 0 Å². The minimum Gasteiger partial charge on any atom is -0.496 e. The fourth-order valence-corrected chi connectivity index (χ4v) is 5.08. The second kappa shape index (κ2) is 5.04. The molecule has 0 spiro atoms. The van der Waals surface area contributed by atoms with Crippen molar-refractivity contribution in [1.29, 1.82) is 0 Å². The third-order valence-electron chi connectivity index (χ3n) is 4.72. The first-order chi connectivity index (χ1) is 9.49. The molecule has 0 radical (unpaired) electrons. The lowest BCUT2D eigenvalue weighted by Crippen LogP contribution is -2.38. The van der Waals surface area contributed by atoms with E-state index in [1.807, 2.05) is 6.92 Å².